The monoisotopic (exact) mass is 400 g/mol. The molecule has 0 fully saturated rings. The van der Waals surface area contributed by atoms with Crippen LogP contribution in [-0.4, -0.2) is 37.5 Å². The zero-order valence-corrected chi connectivity index (χ0v) is 19.1. The van der Waals surface area contributed by atoms with Crippen LogP contribution in [-0.2, 0) is 14.3 Å². The summed E-state index contributed by atoms with van der Waals surface area (Å²) in [6.07, 6.45) is 16.1. The van der Waals surface area contributed by atoms with Crippen molar-refractivity contribution in [3.05, 3.63) is 0 Å². The first kappa shape index (κ1) is 27.4. The molecule has 4 heteroatoms. The van der Waals surface area contributed by atoms with Gasteiger partial charge in [-0.25, -0.2) is 0 Å². The lowest BCUT2D eigenvalue weighted by molar-refractivity contribution is -0.151. The van der Waals surface area contributed by atoms with Gasteiger partial charge in [-0.3, -0.25) is 4.79 Å². The van der Waals surface area contributed by atoms with E-state index in [1.165, 1.54) is 38.5 Å². The van der Waals surface area contributed by atoms with Gasteiger partial charge >= 0.3 is 5.97 Å². The summed E-state index contributed by atoms with van der Waals surface area (Å²) in [5.41, 5.74) is -0.610. The Hall–Kier alpha value is -0.610. The van der Waals surface area contributed by atoms with Crippen LogP contribution in [0, 0.1) is 5.41 Å². The van der Waals surface area contributed by atoms with Crippen LogP contribution >= 0.6 is 0 Å². The number of unbranched alkanes of at least 4 members (excludes halogenated alkanes) is 9. The molecule has 4 nitrogen and oxygen atoms in total. The summed E-state index contributed by atoms with van der Waals surface area (Å²) in [4.78, 5) is 12.2. The topological polar surface area (TPSA) is 55.8 Å². The third kappa shape index (κ3) is 14.4. The Morgan fingerprint density at radius 1 is 0.607 bits per heavy atom. The molecule has 0 aromatic rings. The van der Waals surface area contributed by atoms with Crippen molar-refractivity contribution in [1.82, 2.24) is 0 Å². The van der Waals surface area contributed by atoms with Gasteiger partial charge in [0, 0.05) is 13.2 Å². The molecule has 0 amide bonds. The van der Waals surface area contributed by atoms with Crippen molar-refractivity contribution in [3.63, 3.8) is 0 Å². The standard InChI is InChI=1S/C24H48O4/c1-4-7-10-12-13-15-17-24(23(25)26,16-14-11-8-5-2)18-20-28-22-21-27-19-9-6-3/h4-22H2,1-3H3,(H,25,26). The minimum atomic E-state index is -0.625. The van der Waals surface area contributed by atoms with Gasteiger partial charge in [-0.2, -0.15) is 0 Å². The second-order valence-electron chi connectivity index (χ2n) is 8.24. The van der Waals surface area contributed by atoms with E-state index in [0.29, 0.717) is 26.2 Å². The molecule has 0 saturated carbocycles. The molecule has 0 aliphatic rings. The molecule has 0 rings (SSSR count). The molecular weight excluding hydrogens is 352 g/mol. The van der Waals surface area contributed by atoms with Crippen molar-refractivity contribution in [1.29, 1.82) is 0 Å². The summed E-state index contributed by atoms with van der Waals surface area (Å²) in [6, 6.07) is 0. The number of carboxylic acids is 1. The molecule has 168 valence electrons. The van der Waals surface area contributed by atoms with E-state index in [2.05, 4.69) is 20.8 Å². The smallest absolute Gasteiger partial charge is 0.309 e. The quantitative estimate of drug-likeness (QED) is 0.199. The summed E-state index contributed by atoms with van der Waals surface area (Å²) < 4.78 is 11.2. The maximum Gasteiger partial charge on any atom is 0.309 e. The van der Waals surface area contributed by atoms with Crippen molar-refractivity contribution in [2.45, 2.75) is 117 Å². The number of hydrogen-bond donors (Lipinski definition) is 1. The Morgan fingerprint density at radius 2 is 1.07 bits per heavy atom. The lowest BCUT2D eigenvalue weighted by Crippen LogP contribution is -2.33. The SMILES string of the molecule is CCCCCCCCC(CCCCCC)(CCOCCOCCCC)C(=O)O. The molecule has 0 heterocycles. The summed E-state index contributed by atoms with van der Waals surface area (Å²) >= 11 is 0. The van der Waals surface area contributed by atoms with Crippen LogP contribution in [0.25, 0.3) is 0 Å². The Labute approximate surface area is 174 Å². The minimum Gasteiger partial charge on any atom is -0.481 e. The number of rotatable bonds is 22. The van der Waals surface area contributed by atoms with Crippen LogP contribution in [0.4, 0.5) is 0 Å². The Bertz CT molecular complexity index is 345. The van der Waals surface area contributed by atoms with E-state index in [1.807, 2.05) is 0 Å². The fraction of sp³-hybridized carbons (Fsp3) is 0.958. The van der Waals surface area contributed by atoms with Crippen molar-refractivity contribution < 1.29 is 19.4 Å². The average molecular weight is 401 g/mol. The summed E-state index contributed by atoms with van der Waals surface area (Å²) in [6.45, 7) is 9.04. The fourth-order valence-electron chi connectivity index (χ4n) is 3.67. The number of ether oxygens (including phenoxy) is 2. The second-order valence-corrected chi connectivity index (χ2v) is 8.24. The van der Waals surface area contributed by atoms with Gasteiger partial charge in [0.1, 0.15) is 0 Å². The van der Waals surface area contributed by atoms with Gasteiger partial charge in [0.25, 0.3) is 0 Å². The Balaban J connectivity index is 4.38. The number of hydrogen-bond acceptors (Lipinski definition) is 3. The van der Waals surface area contributed by atoms with Crippen LogP contribution in [0.2, 0.25) is 0 Å². The number of carbonyl (C=O) groups is 1. The molecule has 1 N–H and O–H groups in total. The van der Waals surface area contributed by atoms with Crippen molar-refractivity contribution in [2.75, 3.05) is 26.4 Å². The molecule has 0 bridgehead atoms. The first-order valence-corrected chi connectivity index (χ1v) is 12.0. The highest BCUT2D eigenvalue weighted by molar-refractivity contribution is 5.74. The van der Waals surface area contributed by atoms with E-state index in [0.717, 1.165) is 58.0 Å². The molecule has 1 atom stereocenters. The normalized spacial score (nSPS) is 13.5. The van der Waals surface area contributed by atoms with E-state index < -0.39 is 11.4 Å². The molecule has 0 aromatic carbocycles. The van der Waals surface area contributed by atoms with Gasteiger partial charge in [0.15, 0.2) is 0 Å². The maximum atomic E-state index is 12.2. The van der Waals surface area contributed by atoms with Crippen molar-refractivity contribution in [3.8, 4) is 0 Å². The maximum absolute atomic E-state index is 12.2. The molecule has 0 aromatic heterocycles. The molecular formula is C24H48O4. The van der Waals surface area contributed by atoms with Crippen molar-refractivity contribution >= 4 is 5.97 Å². The zero-order chi connectivity index (χ0) is 20.9. The van der Waals surface area contributed by atoms with E-state index >= 15 is 0 Å². The predicted molar refractivity (Wildman–Crippen MR) is 118 cm³/mol. The van der Waals surface area contributed by atoms with Crippen LogP contribution < -0.4 is 0 Å². The average Bonchev–Trinajstić information content (AvgIpc) is 2.69. The lowest BCUT2D eigenvalue weighted by atomic mass is 9.75. The number of aliphatic carboxylic acids is 1. The molecule has 0 spiro atoms. The van der Waals surface area contributed by atoms with E-state index in [4.69, 9.17) is 9.47 Å². The second kappa shape index (κ2) is 19.7. The molecule has 0 aliphatic heterocycles. The lowest BCUT2D eigenvalue weighted by Gasteiger charge is -2.30. The van der Waals surface area contributed by atoms with Crippen LogP contribution in [0.1, 0.15) is 117 Å². The van der Waals surface area contributed by atoms with E-state index in [1.54, 1.807) is 0 Å². The largest absolute Gasteiger partial charge is 0.481 e. The van der Waals surface area contributed by atoms with Crippen LogP contribution in [0.3, 0.4) is 0 Å². The van der Waals surface area contributed by atoms with Gasteiger partial charge in [-0.15, -0.1) is 0 Å². The highest BCUT2D eigenvalue weighted by atomic mass is 16.5. The first-order valence-electron chi connectivity index (χ1n) is 12.0. The molecule has 28 heavy (non-hydrogen) atoms. The van der Waals surface area contributed by atoms with Gasteiger partial charge in [-0.1, -0.05) is 91.4 Å². The fourth-order valence-corrected chi connectivity index (χ4v) is 3.67. The van der Waals surface area contributed by atoms with Gasteiger partial charge in [-0.05, 0) is 25.7 Å². The minimum absolute atomic E-state index is 0.521. The van der Waals surface area contributed by atoms with Crippen molar-refractivity contribution in [2.24, 2.45) is 5.41 Å². The predicted octanol–water partition coefficient (Wildman–Crippen LogP) is 7.00. The Kier molecular flexibility index (Phi) is 19.3. The van der Waals surface area contributed by atoms with Crippen LogP contribution in [0.5, 0.6) is 0 Å². The highest BCUT2D eigenvalue weighted by Gasteiger charge is 2.36. The third-order valence-corrected chi connectivity index (χ3v) is 5.71. The summed E-state index contributed by atoms with van der Waals surface area (Å²) in [7, 11) is 0. The first-order chi connectivity index (χ1) is 13.6. The van der Waals surface area contributed by atoms with E-state index in [9.17, 15) is 9.90 Å². The Morgan fingerprint density at radius 3 is 1.61 bits per heavy atom. The van der Waals surface area contributed by atoms with E-state index in [-0.39, 0.29) is 0 Å². The number of carboxylic acid groups (broad SMARTS) is 1. The highest BCUT2D eigenvalue weighted by Crippen LogP contribution is 2.36. The van der Waals surface area contributed by atoms with Gasteiger partial charge in [0.2, 0.25) is 0 Å². The van der Waals surface area contributed by atoms with Gasteiger partial charge < -0.3 is 14.6 Å². The molecule has 0 aliphatic carbocycles. The summed E-state index contributed by atoms with van der Waals surface area (Å²) in [5, 5.41) is 10.0. The van der Waals surface area contributed by atoms with Crippen LogP contribution in [0.15, 0.2) is 0 Å². The molecule has 0 radical (unpaired) electrons. The molecule has 1 unspecified atom stereocenters. The summed E-state index contributed by atoms with van der Waals surface area (Å²) in [5.74, 6) is -0.625. The third-order valence-electron chi connectivity index (χ3n) is 5.71. The molecule has 0 saturated heterocycles. The zero-order valence-electron chi connectivity index (χ0n) is 19.1. The van der Waals surface area contributed by atoms with Gasteiger partial charge in [0.05, 0.1) is 18.6 Å².